The van der Waals surface area contributed by atoms with Gasteiger partial charge in [-0.1, -0.05) is 25.1 Å². The summed E-state index contributed by atoms with van der Waals surface area (Å²) < 4.78 is 0. The third kappa shape index (κ3) is 5.65. The number of likely N-dealkylation sites (tertiary alicyclic amines) is 2. The van der Waals surface area contributed by atoms with Crippen molar-refractivity contribution in [3.63, 3.8) is 0 Å². The van der Waals surface area contributed by atoms with Crippen molar-refractivity contribution in [3.05, 3.63) is 30.3 Å². The molecule has 144 valence electrons. The lowest BCUT2D eigenvalue weighted by molar-refractivity contribution is 0.324. The minimum atomic E-state index is 0.755. The monoisotopic (exact) mass is 374 g/mol. The second-order valence-electron chi connectivity index (χ2n) is 7.61. The average Bonchev–Trinajstić information content (AvgIpc) is 3.32. The fourth-order valence-corrected chi connectivity index (χ4v) is 5.11. The summed E-state index contributed by atoms with van der Waals surface area (Å²) in [5, 5.41) is 3.65. The molecule has 0 saturated carbocycles. The molecule has 2 unspecified atom stereocenters. The molecule has 0 radical (unpaired) electrons. The van der Waals surface area contributed by atoms with Crippen molar-refractivity contribution in [3.8, 4) is 0 Å². The minimum absolute atomic E-state index is 0.755. The molecule has 3 rings (SSSR count). The van der Waals surface area contributed by atoms with E-state index in [2.05, 4.69) is 57.4 Å². The van der Waals surface area contributed by atoms with Crippen molar-refractivity contribution in [2.45, 2.75) is 31.1 Å². The molecule has 0 aromatic heterocycles. The molecule has 1 aromatic rings. The van der Waals surface area contributed by atoms with Gasteiger partial charge in [0.2, 0.25) is 0 Å². The first-order valence-electron chi connectivity index (χ1n) is 10.1. The molecule has 0 aliphatic carbocycles. The molecule has 0 spiro atoms. The highest BCUT2D eigenvalue weighted by atomic mass is 32.2. The molecule has 0 bridgehead atoms. The van der Waals surface area contributed by atoms with Crippen molar-refractivity contribution in [2.75, 3.05) is 52.1 Å². The van der Waals surface area contributed by atoms with Crippen molar-refractivity contribution < 1.29 is 0 Å². The lowest BCUT2D eigenvalue weighted by Crippen LogP contribution is -2.42. The Hall–Kier alpha value is -1.20. The Morgan fingerprint density at radius 3 is 2.73 bits per heavy atom. The summed E-state index contributed by atoms with van der Waals surface area (Å²) >= 11 is 1.99. The second kappa shape index (κ2) is 10.2. The largest absolute Gasteiger partial charge is 0.356 e. The van der Waals surface area contributed by atoms with Gasteiger partial charge in [-0.15, -0.1) is 11.8 Å². The smallest absolute Gasteiger partial charge is 0.193 e. The maximum atomic E-state index is 4.55. The van der Waals surface area contributed by atoms with E-state index in [-0.39, 0.29) is 0 Å². The molecule has 1 N–H and O–H groups in total. The van der Waals surface area contributed by atoms with E-state index in [1.807, 2.05) is 18.8 Å². The Labute approximate surface area is 163 Å². The molecule has 0 amide bonds. The summed E-state index contributed by atoms with van der Waals surface area (Å²) in [6.45, 7) is 9.35. The first kappa shape index (κ1) is 19.6. The van der Waals surface area contributed by atoms with Crippen molar-refractivity contribution in [2.24, 2.45) is 16.8 Å². The molecule has 5 heteroatoms. The van der Waals surface area contributed by atoms with Crippen LogP contribution < -0.4 is 5.32 Å². The summed E-state index contributed by atoms with van der Waals surface area (Å²) in [5.41, 5.74) is 0. The van der Waals surface area contributed by atoms with Crippen LogP contribution in [0.2, 0.25) is 0 Å². The van der Waals surface area contributed by atoms with Crippen LogP contribution in [0.4, 0.5) is 0 Å². The van der Waals surface area contributed by atoms with Crippen LogP contribution in [-0.2, 0) is 0 Å². The molecule has 1 aromatic carbocycles. The molecule has 2 aliphatic rings. The predicted molar refractivity (Wildman–Crippen MR) is 113 cm³/mol. The zero-order valence-electron chi connectivity index (χ0n) is 16.4. The molecule has 2 aliphatic heterocycles. The zero-order valence-corrected chi connectivity index (χ0v) is 17.2. The van der Waals surface area contributed by atoms with E-state index in [1.54, 1.807) is 0 Å². The minimum Gasteiger partial charge on any atom is -0.356 e. The highest BCUT2D eigenvalue weighted by molar-refractivity contribution is 7.99. The normalized spacial score (nSPS) is 24.4. The number of guanidine groups is 1. The van der Waals surface area contributed by atoms with Gasteiger partial charge in [0.15, 0.2) is 5.96 Å². The summed E-state index contributed by atoms with van der Waals surface area (Å²) in [6, 6.07) is 10.8. The van der Waals surface area contributed by atoms with Gasteiger partial charge in [-0.3, -0.25) is 4.99 Å². The molecule has 4 nitrogen and oxygen atoms in total. The van der Waals surface area contributed by atoms with E-state index in [4.69, 9.17) is 0 Å². The first-order valence-corrected chi connectivity index (χ1v) is 11.1. The summed E-state index contributed by atoms with van der Waals surface area (Å²) in [4.78, 5) is 11.0. The van der Waals surface area contributed by atoms with Crippen LogP contribution >= 0.6 is 11.8 Å². The number of aliphatic imine (C=N–C) groups is 1. The Morgan fingerprint density at radius 2 is 1.96 bits per heavy atom. The molecule has 2 fully saturated rings. The standard InChI is InChI=1S/C21H34N4S/c1-3-11-24-12-9-18(15-24)14-23-21(22-2)25-13-10-19(16-25)17-26-20-7-5-4-6-8-20/h4-8,18-19H,3,9-17H2,1-2H3,(H,22,23). The second-order valence-corrected chi connectivity index (χ2v) is 8.70. The van der Waals surface area contributed by atoms with E-state index in [1.165, 1.54) is 49.5 Å². The predicted octanol–water partition coefficient (Wildman–Crippen LogP) is 3.41. The Bertz CT molecular complexity index is 562. The number of benzene rings is 1. The van der Waals surface area contributed by atoms with Gasteiger partial charge >= 0.3 is 0 Å². The van der Waals surface area contributed by atoms with Gasteiger partial charge in [-0.25, -0.2) is 0 Å². The lowest BCUT2D eigenvalue weighted by atomic mass is 10.1. The van der Waals surface area contributed by atoms with Crippen molar-refractivity contribution >= 4 is 17.7 Å². The number of nitrogens with zero attached hydrogens (tertiary/aromatic N) is 3. The van der Waals surface area contributed by atoms with Crippen molar-refractivity contribution in [1.82, 2.24) is 15.1 Å². The molecular weight excluding hydrogens is 340 g/mol. The molecule has 2 atom stereocenters. The molecular formula is C21H34N4S. The van der Waals surface area contributed by atoms with Gasteiger partial charge in [-0.2, -0.15) is 0 Å². The SMILES string of the molecule is CCCN1CCC(CNC(=NC)N2CCC(CSc3ccccc3)C2)C1. The fraction of sp³-hybridized carbons (Fsp3) is 0.667. The van der Waals surface area contributed by atoms with Crippen LogP contribution in [0.25, 0.3) is 0 Å². The van der Waals surface area contributed by atoms with Gasteiger partial charge in [0.1, 0.15) is 0 Å². The fourth-order valence-electron chi connectivity index (χ4n) is 4.06. The van der Waals surface area contributed by atoms with Crippen LogP contribution in [0.1, 0.15) is 26.2 Å². The summed E-state index contributed by atoms with van der Waals surface area (Å²) in [5.74, 6) is 3.83. The number of rotatable bonds is 7. The first-order chi connectivity index (χ1) is 12.8. The molecule has 26 heavy (non-hydrogen) atoms. The highest BCUT2D eigenvalue weighted by Gasteiger charge is 2.26. The van der Waals surface area contributed by atoms with Gasteiger partial charge in [0.05, 0.1) is 0 Å². The lowest BCUT2D eigenvalue weighted by Gasteiger charge is -2.23. The number of nitrogens with one attached hydrogen (secondary N) is 1. The number of hydrogen-bond acceptors (Lipinski definition) is 3. The van der Waals surface area contributed by atoms with Crippen LogP contribution in [0.15, 0.2) is 40.2 Å². The Morgan fingerprint density at radius 1 is 1.15 bits per heavy atom. The average molecular weight is 375 g/mol. The Balaban J connectivity index is 1.39. The van der Waals surface area contributed by atoms with Gasteiger partial charge in [0, 0.05) is 43.9 Å². The van der Waals surface area contributed by atoms with Gasteiger partial charge in [-0.05, 0) is 56.3 Å². The quantitative estimate of drug-likeness (QED) is 0.450. The van der Waals surface area contributed by atoms with Crippen LogP contribution in [0.5, 0.6) is 0 Å². The topological polar surface area (TPSA) is 30.9 Å². The summed E-state index contributed by atoms with van der Waals surface area (Å²) in [7, 11) is 1.92. The van der Waals surface area contributed by atoms with E-state index < -0.39 is 0 Å². The van der Waals surface area contributed by atoms with Gasteiger partial charge in [0.25, 0.3) is 0 Å². The zero-order chi connectivity index (χ0) is 18.2. The maximum absolute atomic E-state index is 4.55. The summed E-state index contributed by atoms with van der Waals surface area (Å²) in [6.07, 6.45) is 3.85. The third-order valence-electron chi connectivity index (χ3n) is 5.48. The van der Waals surface area contributed by atoms with Crippen molar-refractivity contribution in [1.29, 1.82) is 0 Å². The highest BCUT2D eigenvalue weighted by Crippen LogP contribution is 2.26. The van der Waals surface area contributed by atoms with Crippen LogP contribution in [0, 0.1) is 11.8 Å². The van der Waals surface area contributed by atoms with E-state index in [0.717, 1.165) is 37.4 Å². The van der Waals surface area contributed by atoms with E-state index in [9.17, 15) is 0 Å². The molecule has 2 heterocycles. The molecule has 2 saturated heterocycles. The van der Waals surface area contributed by atoms with Crippen LogP contribution in [-0.4, -0.2) is 67.8 Å². The van der Waals surface area contributed by atoms with Crippen LogP contribution in [0.3, 0.4) is 0 Å². The van der Waals surface area contributed by atoms with Gasteiger partial charge < -0.3 is 15.1 Å². The number of thioether (sulfide) groups is 1. The Kier molecular flexibility index (Phi) is 7.69. The number of hydrogen-bond donors (Lipinski definition) is 1. The van der Waals surface area contributed by atoms with E-state index in [0.29, 0.717) is 0 Å². The third-order valence-corrected chi connectivity index (χ3v) is 6.73. The maximum Gasteiger partial charge on any atom is 0.193 e. The van der Waals surface area contributed by atoms with E-state index >= 15 is 0 Å².